The number of halogens is 2. The summed E-state index contributed by atoms with van der Waals surface area (Å²) in [7, 11) is 0. The van der Waals surface area contributed by atoms with Gasteiger partial charge in [0.1, 0.15) is 16.6 Å². The van der Waals surface area contributed by atoms with E-state index in [1.54, 1.807) is 4.90 Å². The molecule has 0 spiro atoms. The van der Waals surface area contributed by atoms with Crippen molar-refractivity contribution in [2.45, 2.75) is 32.7 Å². The molecule has 4 rings (SSSR count). The number of amides is 3. The molecular formula is C22H21F2N5O2S. The first-order chi connectivity index (χ1) is 15.3. The van der Waals surface area contributed by atoms with E-state index in [1.165, 1.54) is 0 Å². The maximum Gasteiger partial charge on any atom is 0.322 e. The van der Waals surface area contributed by atoms with Gasteiger partial charge >= 0.3 is 6.03 Å². The number of carbonyl (C=O) groups excluding carboxylic acids is 2. The highest BCUT2D eigenvalue weighted by Crippen LogP contribution is 2.34. The number of anilines is 2. The first kappa shape index (κ1) is 21.8. The van der Waals surface area contributed by atoms with Gasteiger partial charge in [0.25, 0.3) is 5.91 Å². The van der Waals surface area contributed by atoms with Crippen LogP contribution >= 0.6 is 11.3 Å². The largest absolute Gasteiger partial charge is 0.322 e. The Morgan fingerprint density at radius 2 is 1.84 bits per heavy atom. The zero-order valence-corrected chi connectivity index (χ0v) is 18.3. The molecule has 2 N–H and O–H groups in total. The number of urea groups is 1. The summed E-state index contributed by atoms with van der Waals surface area (Å²) in [6, 6.07) is 8.13. The molecule has 3 amide bonds. The van der Waals surface area contributed by atoms with Crippen molar-refractivity contribution in [1.82, 2.24) is 15.1 Å². The molecular weight excluding hydrogens is 436 g/mol. The van der Waals surface area contributed by atoms with Crippen LogP contribution in [-0.2, 0) is 0 Å². The lowest BCUT2D eigenvalue weighted by Gasteiger charge is -2.23. The van der Waals surface area contributed by atoms with E-state index in [-0.39, 0.29) is 22.8 Å². The fourth-order valence-electron chi connectivity index (χ4n) is 3.63. The van der Waals surface area contributed by atoms with Crippen LogP contribution in [-0.4, -0.2) is 33.6 Å². The Kier molecular flexibility index (Phi) is 6.13. The van der Waals surface area contributed by atoms with Crippen molar-refractivity contribution in [3.05, 3.63) is 69.2 Å². The minimum atomic E-state index is -0.881. The summed E-state index contributed by atoms with van der Waals surface area (Å²) in [5, 5.41) is 13.9. The number of aryl methyl sites for hydroxylation is 2. The van der Waals surface area contributed by atoms with Crippen molar-refractivity contribution >= 4 is 34.6 Å². The van der Waals surface area contributed by atoms with Gasteiger partial charge in [0.15, 0.2) is 0 Å². The molecule has 0 radical (unpaired) electrons. The highest BCUT2D eigenvalue weighted by molar-refractivity contribution is 7.13. The first-order valence-electron chi connectivity index (χ1n) is 10.1. The molecule has 1 fully saturated rings. The molecule has 1 aromatic heterocycles. The third-order valence-electron chi connectivity index (χ3n) is 5.24. The topological polar surface area (TPSA) is 87.2 Å². The molecule has 166 valence electrons. The number of nitrogens with one attached hydrogen (secondary N) is 2. The van der Waals surface area contributed by atoms with Crippen LogP contribution in [0.5, 0.6) is 0 Å². The SMILES string of the molecule is Cc1ccc(NC(=O)N2CCC[C@H]2c2nnc(C(=O)Nc3ccc(F)cc3F)s2)c(C)c1. The highest BCUT2D eigenvalue weighted by atomic mass is 32.1. The van der Waals surface area contributed by atoms with Crippen molar-refractivity contribution in [2.24, 2.45) is 0 Å². The van der Waals surface area contributed by atoms with Crippen LogP contribution in [0.1, 0.15) is 44.8 Å². The van der Waals surface area contributed by atoms with E-state index in [2.05, 4.69) is 20.8 Å². The molecule has 2 heterocycles. The number of hydrogen-bond donors (Lipinski definition) is 2. The third-order valence-corrected chi connectivity index (χ3v) is 6.26. The van der Waals surface area contributed by atoms with Crippen molar-refractivity contribution in [2.75, 3.05) is 17.2 Å². The minimum absolute atomic E-state index is 0.0327. The second-order valence-corrected chi connectivity index (χ2v) is 8.63. The summed E-state index contributed by atoms with van der Waals surface area (Å²) in [5.41, 5.74) is 2.67. The van der Waals surface area contributed by atoms with Crippen LogP contribution in [0.25, 0.3) is 0 Å². The van der Waals surface area contributed by atoms with E-state index >= 15 is 0 Å². The minimum Gasteiger partial charge on any atom is -0.317 e. The van der Waals surface area contributed by atoms with Gasteiger partial charge in [0, 0.05) is 18.3 Å². The normalized spacial score (nSPS) is 15.6. The van der Waals surface area contributed by atoms with Crippen LogP contribution in [0.4, 0.5) is 25.0 Å². The van der Waals surface area contributed by atoms with Crippen molar-refractivity contribution in [1.29, 1.82) is 0 Å². The smallest absolute Gasteiger partial charge is 0.317 e. The summed E-state index contributed by atoms with van der Waals surface area (Å²) >= 11 is 1.05. The van der Waals surface area contributed by atoms with Crippen LogP contribution in [0.15, 0.2) is 36.4 Å². The van der Waals surface area contributed by atoms with Gasteiger partial charge < -0.3 is 15.5 Å². The van der Waals surface area contributed by atoms with Gasteiger partial charge in [0.2, 0.25) is 5.01 Å². The maximum absolute atomic E-state index is 13.8. The molecule has 32 heavy (non-hydrogen) atoms. The summed E-state index contributed by atoms with van der Waals surface area (Å²) in [5.74, 6) is -2.27. The van der Waals surface area contributed by atoms with E-state index in [1.807, 2.05) is 32.0 Å². The molecule has 1 saturated heterocycles. The van der Waals surface area contributed by atoms with Gasteiger partial charge in [-0.2, -0.15) is 0 Å². The van der Waals surface area contributed by atoms with E-state index in [0.717, 1.165) is 46.7 Å². The van der Waals surface area contributed by atoms with E-state index in [0.29, 0.717) is 24.0 Å². The molecule has 0 aliphatic carbocycles. The van der Waals surface area contributed by atoms with Crippen molar-refractivity contribution in [3.63, 3.8) is 0 Å². The zero-order valence-electron chi connectivity index (χ0n) is 17.5. The highest BCUT2D eigenvalue weighted by Gasteiger charge is 2.33. The number of aromatic nitrogens is 2. The van der Waals surface area contributed by atoms with Gasteiger partial charge in [0.05, 0.1) is 11.7 Å². The number of rotatable bonds is 4. The van der Waals surface area contributed by atoms with Gasteiger partial charge in [-0.1, -0.05) is 29.0 Å². The molecule has 10 heteroatoms. The van der Waals surface area contributed by atoms with Crippen LogP contribution in [0.2, 0.25) is 0 Å². The number of hydrogen-bond acceptors (Lipinski definition) is 5. The first-order valence-corrected chi connectivity index (χ1v) is 10.9. The Balaban J connectivity index is 1.46. The molecule has 2 aromatic carbocycles. The molecule has 1 aliphatic heterocycles. The summed E-state index contributed by atoms with van der Waals surface area (Å²) < 4.78 is 26.9. The Hall–Kier alpha value is -3.40. The Labute approximate surface area is 187 Å². The summed E-state index contributed by atoms with van der Waals surface area (Å²) in [4.78, 5) is 27.0. The van der Waals surface area contributed by atoms with Crippen molar-refractivity contribution < 1.29 is 18.4 Å². The van der Waals surface area contributed by atoms with Gasteiger partial charge in [-0.05, 0) is 50.5 Å². The lowest BCUT2D eigenvalue weighted by atomic mass is 10.1. The monoisotopic (exact) mass is 457 g/mol. The Morgan fingerprint density at radius 3 is 2.59 bits per heavy atom. The fraction of sp³-hybridized carbons (Fsp3) is 0.273. The third kappa shape index (κ3) is 4.59. The molecule has 3 aromatic rings. The Bertz CT molecular complexity index is 1180. The number of likely N-dealkylation sites (tertiary alicyclic amines) is 1. The maximum atomic E-state index is 13.8. The van der Waals surface area contributed by atoms with Crippen LogP contribution in [0.3, 0.4) is 0 Å². The quantitative estimate of drug-likeness (QED) is 0.574. The number of carbonyl (C=O) groups is 2. The second kappa shape index (κ2) is 8.99. The second-order valence-electron chi connectivity index (χ2n) is 7.62. The summed E-state index contributed by atoms with van der Waals surface area (Å²) in [6.07, 6.45) is 1.50. The van der Waals surface area contributed by atoms with Crippen LogP contribution < -0.4 is 10.6 Å². The van der Waals surface area contributed by atoms with Gasteiger partial charge in [-0.25, -0.2) is 13.6 Å². The lowest BCUT2D eigenvalue weighted by Crippen LogP contribution is -2.34. The molecule has 0 saturated carbocycles. The number of benzene rings is 2. The average molecular weight is 458 g/mol. The predicted octanol–water partition coefficient (Wildman–Crippen LogP) is 5.05. The standard InChI is InChI=1S/C22H21F2N5O2S/c1-12-5-7-16(13(2)10-12)26-22(31)29-9-3-4-18(29)20-27-28-21(32-20)19(30)25-17-8-6-14(23)11-15(17)24/h5-8,10-11,18H,3-4,9H2,1-2H3,(H,25,30)(H,26,31)/t18-/m0/s1. The number of nitrogens with zero attached hydrogens (tertiary/aromatic N) is 3. The molecule has 1 atom stereocenters. The molecule has 7 nitrogen and oxygen atoms in total. The molecule has 0 bridgehead atoms. The van der Waals surface area contributed by atoms with Gasteiger partial charge in [-0.15, -0.1) is 10.2 Å². The van der Waals surface area contributed by atoms with E-state index in [9.17, 15) is 18.4 Å². The predicted molar refractivity (Wildman–Crippen MR) is 118 cm³/mol. The molecule has 0 unspecified atom stereocenters. The van der Waals surface area contributed by atoms with Crippen molar-refractivity contribution in [3.8, 4) is 0 Å². The van der Waals surface area contributed by atoms with Gasteiger partial charge in [-0.3, -0.25) is 4.79 Å². The summed E-state index contributed by atoms with van der Waals surface area (Å²) in [6.45, 7) is 4.48. The molecule has 1 aliphatic rings. The van der Waals surface area contributed by atoms with E-state index < -0.39 is 17.5 Å². The lowest BCUT2D eigenvalue weighted by molar-refractivity contribution is 0.102. The van der Waals surface area contributed by atoms with E-state index in [4.69, 9.17) is 0 Å². The van der Waals surface area contributed by atoms with Crippen LogP contribution in [0, 0.1) is 25.5 Å². The zero-order chi connectivity index (χ0) is 22.8. The fourth-order valence-corrected chi connectivity index (χ4v) is 4.52. The average Bonchev–Trinajstić information content (AvgIpc) is 3.41. The Morgan fingerprint density at radius 1 is 1.06 bits per heavy atom.